The van der Waals surface area contributed by atoms with Gasteiger partial charge in [-0.15, -0.1) is 6.58 Å². The van der Waals surface area contributed by atoms with Gasteiger partial charge in [0.25, 0.3) is 0 Å². The van der Waals surface area contributed by atoms with E-state index in [9.17, 15) is 24.6 Å². The Balaban J connectivity index is 2.29. The molecule has 0 bridgehead atoms. The number of aliphatic hydroxyl groups is 2. The Morgan fingerprint density at radius 3 is 2.36 bits per heavy atom. The molecule has 0 unspecified atom stereocenters. The van der Waals surface area contributed by atoms with Gasteiger partial charge in [-0.2, -0.15) is 0 Å². The minimum absolute atomic E-state index is 0.168. The molecule has 8 atom stereocenters. The quantitative estimate of drug-likeness (QED) is 0.381. The van der Waals surface area contributed by atoms with Crippen LogP contribution in [0.15, 0.2) is 12.7 Å². The third-order valence-electron chi connectivity index (χ3n) is 8.89. The van der Waals surface area contributed by atoms with E-state index in [1.807, 2.05) is 27.7 Å². The molecule has 0 aromatic carbocycles. The van der Waals surface area contributed by atoms with Crippen molar-refractivity contribution >= 4 is 17.8 Å². The molecule has 36 heavy (non-hydrogen) atoms. The smallest absolute Gasteiger partial charge is 0.407 e. The summed E-state index contributed by atoms with van der Waals surface area (Å²) in [5.74, 6) is -1.80. The van der Waals surface area contributed by atoms with Crippen LogP contribution in [0, 0.1) is 22.7 Å². The van der Waals surface area contributed by atoms with Crippen LogP contribution in [0.1, 0.15) is 74.7 Å². The van der Waals surface area contributed by atoms with Gasteiger partial charge >= 0.3 is 12.1 Å². The first-order chi connectivity index (χ1) is 16.4. The fourth-order valence-corrected chi connectivity index (χ4v) is 7.20. The Labute approximate surface area is 213 Å². The number of fused-ring (bicyclic) bond motifs is 3. The highest BCUT2D eigenvalue weighted by atomic mass is 16.6. The lowest BCUT2D eigenvalue weighted by atomic mass is 9.39. The standard InChI is InChI=1S/C27H43NO8/c1-10-24(7)13-18(31)27(33)25(8)17(30)11-12-23(5,6)20(25)19(35-22(32)28-14-15(2)3)21(34-16(4)29)26(27,9)36-24/h10,15,17,19-21,30,33H,1,11-14H2,2-9H3,(H,28,32)/t17-,19-,20-,21-,24-,25-,26+,27-/m0/s1. The third kappa shape index (κ3) is 4.07. The van der Waals surface area contributed by atoms with Crippen LogP contribution >= 0.6 is 0 Å². The predicted octanol–water partition coefficient (Wildman–Crippen LogP) is 2.91. The van der Waals surface area contributed by atoms with Crippen molar-refractivity contribution in [3.8, 4) is 0 Å². The largest absolute Gasteiger partial charge is 0.455 e. The van der Waals surface area contributed by atoms with E-state index >= 15 is 0 Å². The van der Waals surface area contributed by atoms with E-state index in [2.05, 4.69) is 11.9 Å². The fourth-order valence-electron chi connectivity index (χ4n) is 7.20. The van der Waals surface area contributed by atoms with Crippen LogP contribution in [0.4, 0.5) is 4.79 Å². The molecule has 3 fully saturated rings. The minimum atomic E-state index is -2.25. The van der Waals surface area contributed by atoms with Crippen LogP contribution in [0.25, 0.3) is 0 Å². The van der Waals surface area contributed by atoms with Crippen LogP contribution in [0.3, 0.4) is 0 Å². The second kappa shape index (κ2) is 9.10. The zero-order chi connectivity index (χ0) is 27.5. The number of amides is 1. The maximum absolute atomic E-state index is 13.9. The Morgan fingerprint density at radius 2 is 1.83 bits per heavy atom. The SMILES string of the molecule is C=C[C@@]1(C)CC(=O)[C@]2(O)[C@@]3(C)[C@@H](O)CCC(C)(C)[C@@H]3[C@H](OC(=O)NCC(C)C)[C@H](OC(C)=O)[C@@]2(C)O1. The molecule has 0 spiro atoms. The molecular weight excluding hydrogens is 466 g/mol. The number of ketones is 1. The van der Waals surface area contributed by atoms with E-state index in [-0.39, 0.29) is 12.3 Å². The predicted molar refractivity (Wildman–Crippen MR) is 132 cm³/mol. The minimum Gasteiger partial charge on any atom is -0.455 e. The van der Waals surface area contributed by atoms with Crippen molar-refractivity contribution in [2.24, 2.45) is 22.7 Å². The molecule has 1 saturated heterocycles. The summed E-state index contributed by atoms with van der Waals surface area (Å²) in [5.41, 5.74) is -7.38. The molecule has 2 aliphatic carbocycles. The van der Waals surface area contributed by atoms with E-state index < -0.39 is 69.7 Å². The van der Waals surface area contributed by atoms with Crippen LogP contribution in [-0.4, -0.2) is 69.7 Å². The van der Waals surface area contributed by atoms with Crippen molar-refractivity contribution in [3.63, 3.8) is 0 Å². The number of hydrogen-bond donors (Lipinski definition) is 3. The maximum Gasteiger partial charge on any atom is 0.407 e. The van der Waals surface area contributed by atoms with Gasteiger partial charge in [-0.25, -0.2) is 4.79 Å². The zero-order valence-corrected chi connectivity index (χ0v) is 22.8. The molecule has 1 amide bonds. The summed E-state index contributed by atoms with van der Waals surface area (Å²) in [4.78, 5) is 39.3. The summed E-state index contributed by atoms with van der Waals surface area (Å²) in [5, 5.41) is 26.7. The van der Waals surface area contributed by atoms with Gasteiger partial charge in [0.05, 0.1) is 11.7 Å². The molecule has 9 heteroatoms. The zero-order valence-electron chi connectivity index (χ0n) is 22.8. The number of ether oxygens (including phenoxy) is 3. The normalized spacial score (nSPS) is 43.7. The summed E-state index contributed by atoms with van der Waals surface area (Å²) in [6.45, 7) is 18.0. The molecule has 1 aliphatic heterocycles. The van der Waals surface area contributed by atoms with E-state index in [1.165, 1.54) is 19.9 Å². The number of aliphatic hydroxyl groups excluding tert-OH is 1. The molecule has 3 rings (SSSR count). The van der Waals surface area contributed by atoms with Crippen LogP contribution in [-0.2, 0) is 23.8 Å². The molecule has 1 heterocycles. The Bertz CT molecular complexity index is 933. The highest BCUT2D eigenvalue weighted by molar-refractivity contribution is 5.92. The van der Waals surface area contributed by atoms with Crippen LogP contribution < -0.4 is 5.32 Å². The Kier molecular flexibility index (Phi) is 7.23. The lowest BCUT2D eigenvalue weighted by Crippen LogP contribution is -2.87. The molecule has 204 valence electrons. The molecule has 9 nitrogen and oxygen atoms in total. The van der Waals surface area contributed by atoms with Gasteiger partial charge < -0.3 is 29.7 Å². The van der Waals surface area contributed by atoms with Gasteiger partial charge in [0, 0.05) is 31.2 Å². The highest BCUT2D eigenvalue weighted by Gasteiger charge is 2.82. The Morgan fingerprint density at radius 1 is 1.22 bits per heavy atom. The molecule has 2 saturated carbocycles. The van der Waals surface area contributed by atoms with Crippen molar-refractivity contribution in [3.05, 3.63) is 12.7 Å². The topological polar surface area (TPSA) is 131 Å². The summed E-state index contributed by atoms with van der Waals surface area (Å²) in [7, 11) is 0. The van der Waals surface area contributed by atoms with Crippen molar-refractivity contribution in [1.29, 1.82) is 0 Å². The third-order valence-corrected chi connectivity index (χ3v) is 8.89. The molecule has 3 N–H and O–H groups in total. The first-order valence-electron chi connectivity index (χ1n) is 12.8. The molecule has 0 aromatic heterocycles. The number of alkyl carbamates (subject to hydrolysis) is 1. The van der Waals surface area contributed by atoms with Crippen molar-refractivity contribution in [2.75, 3.05) is 6.54 Å². The van der Waals surface area contributed by atoms with Gasteiger partial charge in [-0.1, -0.05) is 40.7 Å². The number of carbonyl (C=O) groups excluding carboxylic acids is 3. The average molecular weight is 510 g/mol. The van der Waals surface area contributed by atoms with Gasteiger partial charge in [0.2, 0.25) is 0 Å². The van der Waals surface area contributed by atoms with Crippen LogP contribution in [0.5, 0.6) is 0 Å². The first kappa shape index (κ1) is 28.6. The second-order valence-electron chi connectivity index (χ2n) is 12.5. The van der Waals surface area contributed by atoms with E-state index in [4.69, 9.17) is 14.2 Å². The monoisotopic (exact) mass is 509 g/mol. The molecule has 3 aliphatic rings. The van der Waals surface area contributed by atoms with E-state index in [0.717, 1.165) is 0 Å². The van der Waals surface area contributed by atoms with E-state index in [1.54, 1.807) is 13.8 Å². The van der Waals surface area contributed by atoms with Crippen molar-refractivity contribution < 1.29 is 38.8 Å². The number of rotatable bonds is 5. The lowest BCUT2D eigenvalue weighted by Gasteiger charge is -2.71. The fraction of sp³-hybridized carbons (Fsp3) is 0.815. The maximum atomic E-state index is 13.9. The number of nitrogens with one attached hydrogen (secondary N) is 1. The summed E-state index contributed by atoms with van der Waals surface area (Å²) < 4.78 is 18.2. The van der Waals surface area contributed by atoms with Gasteiger partial charge in [-0.05, 0) is 38.0 Å². The summed E-state index contributed by atoms with van der Waals surface area (Å²) >= 11 is 0. The summed E-state index contributed by atoms with van der Waals surface area (Å²) in [6, 6.07) is 0. The van der Waals surface area contributed by atoms with Crippen molar-refractivity contribution in [2.45, 2.75) is 110 Å². The number of carbonyl (C=O) groups is 3. The molecular formula is C27H43NO8. The number of Topliss-reactive ketones (excluding diaryl/α,β-unsaturated/α-hetero) is 1. The summed E-state index contributed by atoms with van der Waals surface area (Å²) in [6.07, 6.45) is -2.12. The first-order valence-corrected chi connectivity index (χ1v) is 12.8. The van der Waals surface area contributed by atoms with Crippen molar-refractivity contribution in [1.82, 2.24) is 5.32 Å². The lowest BCUT2D eigenvalue weighted by molar-refractivity contribution is -0.369. The number of hydrogen-bond acceptors (Lipinski definition) is 8. The van der Waals surface area contributed by atoms with E-state index in [0.29, 0.717) is 19.4 Å². The van der Waals surface area contributed by atoms with Gasteiger partial charge in [0.1, 0.15) is 11.7 Å². The van der Waals surface area contributed by atoms with Crippen LogP contribution in [0.2, 0.25) is 0 Å². The second-order valence-corrected chi connectivity index (χ2v) is 12.5. The molecule has 0 radical (unpaired) electrons. The Hall–Kier alpha value is -1.97. The van der Waals surface area contributed by atoms with Gasteiger partial charge in [0.15, 0.2) is 17.5 Å². The van der Waals surface area contributed by atoms with Gasteiger partial charge in [-0.3, -0.25) is 9.59 Å². The average Bonchev–Trinajstić information content (AvgIpc) is 2.75. The molecule has 0 aromatic rings. The highest BCUT2D eigenvalue weighted by Crippen LogP contribution is 2.67. The number of esters is 1.